The minimum atomic E-state index is -4.64. The first-order chi connectivity index (χ1) is 15.1. The van der Waals surface area contributed by atoms with Crippen LogP contribution in [-0.2, 0) is 10.9 Å². The minimum absolute atomic E-state index is 0.0975. The lowest BCUT2D eigenvalue weighted by atomic mass is 10.1. The van der Waals surface area contributed by atoms with E-state index in [-0.39, 0.29) is 44.4 Å². The van der Waals surface area contributed by atoms with Gasteiger partial charge in [0.25, 0.3) is 11.8 Å². The summed E-state index contributed by atoms with van der Waals surface area (Å²) in [5.74, 6) is -1.58. The summed E-state index contributed by atoms with van der Waals surface area (Å²) in [7, 11) is 0. The summed E-state index contributed by atoms with van der Waals surface area (Å²) >= 11 is 0. The van der Waals surface area contributed by atoms with E-state index >= 15 is 0 Å². The number of carbonyl (C=O) groups is 3. The fraction of sp³-hybridized carbons (Fsp3) is 0.409. The Morgan fingerprint density at radius 1 is 1.00 bits per heavy atom. The smallest absolute Gasteiger partial charge is 0.417 e. The maximum atomic E-state index is 13.2. The lowest BCUT2D eigenvalue weighted by Gasteiger charge is -2.35. The van der Waals surface area contributed by atoms with Crippen molar-refractivity contribution in [1.82, 2.24) is 14.8 Å². The van der Waals surface area contributed by atoms with Gasteiger partial charge in [-0.05, 0) is 38.5 Å². The van der Waals surface area contributed by atoms with Gasteiger partial charge < -0.3 is 19.5 Å². The number of alkyl halides is 3. The molecule has 0 aliphatic carbocycles. The second-order valence-corrected chi connectivity index (χ2v) is 7.47. The number of halogens is 3. The second-order valence-electron chi connectivity index (χ2n) is 7.47. The van der Waals surface area contributed by atoms with Crippen molar-refractivity contribution in [3.8, 4) is 0 Å². The van der Waals surface area contributed by atoms with Gasteiger partial charge in [0.2, 0.25) is 0 Å². The summed E-state index contributed by atoms with van der Waals surface area (Å²) in [6.07, 6.45) is -4.64. The average molecular weight is 451 g/mol. The number of rotatable bonds is 4. The molecule has 3 rings (SSSR count). The molecule has 0 radical (unpaired) electrons. The Bertz CT molecular complexity index is 1040. The zero-order valence-electron chi connectivity index (χ0n) is 18.0. The average Bonchev–Trinajstić information content (AvgIpc) is 3.06. The molecule has 1 aliphatic rings. The van der Waals surface area contributed by atoms with Gasteiger partial charge in [0.15, 0.2) is 0 Å². The van der Waals surface area contributed by atoms with Gasteiger partial charge in [-0.1, -0.05) is 12.1 Å². The van der Waals surface area contributed by atoms with Gasteiger partial charge in [0, 0.05) is 31.9 Å². The van der Waals surface area contributed by atoms with Crippen LogP contribution in [0.2, 0.25) is 0 Å². The van der Waals surface area contributed by atoms with Gasteiger partial charge in [-0.15, -0.1) is 0 Å². The Kier molecular flexibility index (Phi) is 6.61. The number of nitrogens with one attached hydrogen (secondary N) is 1. The third kappa shape index (κ3) is 4.49. The lowest BCUT2D eigenvalue weighted by Crippen LogP contribution is -2.51. The molecule has 172 valence electrons. The van der Waals surface area contributed by atoms with Crippen molar-refractivity contribution in [3.63, 3.8) is 0 Å². The second kappa shape index (κ2) is 9.05. The van der Waals surface area contributed by atoms with Crippen LogP contribution in [0.1, 0.15) is 54.9 Å². The summed E-state index contributed by atoms with van der Waals surface area (Å²) in [6, 6.07) is 4.66. The highest BCUT2D eigenvalue weighted by Crippen LogP contribution is 2.32. The highest BCUT2D eigenvalue weighted by molar-refractivity contribution is 6.01. The van der Waals surface area contributed by atoms with Crippen molar-refractivity contribution in [1.29, 1.82) is 0 Å². The first-order valence-electron chi connectivity index (χ1n) is 10.2. The van der Waals surface area contributed by atoms with E-state index in [2.05, 4.69) is 4.98 Å². The molecule has 2 heterocycles. The van der Waals surface area contributed by atoms with Crippen molar-refractivity contribution in [2.24, 2.45) is 0 Å². The first kappa shape index (κ1) is 23.4. The number of amides is 2. The van der Waals surface area contributed by atoms with E-state index in [0.717, 1.165) is 12.1 Å². The van der Waals surface area contributed by atoms with Crippen molar-refractivity contribution in [2.75, 3.05) is 32.8 Å². The first-order valence-corrected chi connectivity index (χ1v) is 10.2. The monoisotopic (exact) mass is 451 g/mol. The Balaban J connectivity index is 1.72. The van der Waals surface area contributed by atoms with E-state index in [9.17, 15) is 27.6 Å². The molecule has 0 bridgehead atoms. The molecule has 32 heavy (non-hydrogen) atoms. The Hall–Kier alpha value is -3.30. The lowest BCUT2D eigenvalue weighted by molar-refractivity contribution is -0.138. The zero-order valence-corrected chi connectivity index (χ0v) is 18.0. The number of nitrogens with zero attached hydrogens (tertiary/aromatic N) is 2. The number of ether oxygens (including phenoxy) is 1. The number of esters is 1. The van der Waals surface area contributed by atoms with Crippen LogP contribution in [0, 0.1) is 13.8 Å². The predicted octanol–water partition coefficient (Wildman–Crippen LogP) is 3.43. The standard InChI is InChI=1S/C22H24F3N3O4/c1-4-32-21(31)17-13(2)18(26-14(17)3)20(30)28-11-9-27(10-12-28)19(29)15-7-5-6-8-16(15)22(23,24)25/h5-8,26H,4,9-12H2,1-3H3. The fourth-order valence-corrected chi connectivity index (χ4v) is 3.83. The van der Waals surface area contributed by atoms with Crippen molar-refractivity contribution in [3.05, 3.63) is 57.9 Å². The molecule has 1 saturated heterocycles. The molecule has 10 heteroatoms. The van der Waals surface area contributed by atoms with Crippen molar-refractivity contribution in [2.45, 2.75) is 26.9 Å². The van der Waals surface area contributed by atoms with Gasteiger partial charge in [-0.3, -0.25) is 9.59 Å². The molecule has 1 aromatic heterocycles. The number of piperazine rings is 1. The summed E-state index contributed by atoms with van der Waals surface area (Å²) in [5.41, 5.74) is 0.174. The molecule has 2 aromatic rings. The summed E-state index contributed by atoms with van der Waals surface area (Å²) in [6.45, 7) is 5.73. The van der Waals surface area contributed by atoms with Crippen LogP contribution in [-0.4, -0.2) is 65.4 Å². The van der Waals surface area contributed by atoms with E-state index in [1.54, 1.807) is 20.8 Å². The largest absolute Gasteiger partial charge is 0.462 e. The Labute approximate surface area is 183 Å². The quantitative estimate of drug-likeness (QED) is 0.723. The normalized spacial score (nSPS) is 14.4. The maximum absolute atomic E-state index is 13.2. The highest BCUT2D eigenvalue weighted by Gasteiger charge is 2.37. The molecule has 2 amide bonds. The van der Waals surface area contributed by atoms with Gasteiger partial charge in [0.05, 0.1) is 23.3 Å². The molecule has 1 fully saturated rings. The van der Waals surface area contributed by atoms with Crippen LogP contribution in [0.4, 0.5) is 13.2 Å². The number of aryl methyl sites for hydroxylation is 1. The van der Waals surface area contributed by atoms with Gasteiger partial charge in [-0.25, -0.2) is 4.79 Å². The molecule has 0 spiro atoms. The van der Waals surface area contributed by atoms with E-state index in [1.807, 2.05) is 0 Å². The van der Waals surface area contributed by atoms with Crippen LogP contribution in [0.25, 0.3) is 0 Å². The van der Waals surface area contributed by atoms with E-state index < -0.39 is 29.2 Å². The zero-order chi connectivity index (χ0) is 23.6. The Morgan fingerprint density at radius 3 is 2.12 bits per heavy atom. The number of aromatic nitrogens is 1. The molecule has 0 unspecified atom stereocenters. The Morgan fingerprint density at radius 2 is 1.56 bits per heavy atom. The molecule has 1 aromatic carbocycles. The van der Waals surface area contributed by atoms with Crippen LogP contribution < -0.4 is 0 Å². The van der Waals surface area contributed by atoms with E-state index in [1.165, 1.54) is 21.9 Å². The van der Waals surface area contributed by atoms with Crippen LogP contribution in [0.15, 0.2) is 24.3 Å². The van der Waals surface area contributed by atoms with Crippen LogP contribution in [0.5, 0.6) is 0 Å². The molecular weight excluding hydrogens is 427 g/mol. The molecule has 1 N–H and O–H groups in total. The molecule has 0 saturated carbocycles. The number of benzene rings is 1. The predicted molar refractivity (Wildman–Crippen MR) is 109 cm³/mol. The van der Waals surface area contributed by atoms with Gasteiger partial charge >= 0.3 is 12.1 Å². The third-order valence-electron chi connectivity index (χ3n) is 5.45. The summed E-state index contributed by atoms with van der Waals surface area (Å²) < 4.78 is 44.8. The molecular formula is C22H24F3N3O4. The summed E-state index contributed by atoms with van der Waals surface area (Å²) in [4.78, 5) is 43.6. The van der Waals surface area contributed by atoms with E-state index in [4.69, 9.17) is 4.74 Å². The molecule has 7 nitrogen and oxygen atoms in total. The van der Waals surface area contributed by atoms with Crippen molar-refractivity contribution < 1.29 is 32.3 Å². The number of carbonyl (C=O) groups excluding carboxylic acids is 3. The number of hydrogen-bond donors (Lipinski definition) is 1. The number of H-pyrrole nitrogens is 1. The summed E-state index contributed by atoms with van der Waals surface area (Å²) in [5, 5.41) is 0. The minimum Gasteiger partial charge on any atom is -0.462 e. The van der Waals surface area contributed by atoms with Crippen LogP contribution in [0.3, 0.4) is 0 Å². The van der Waals surface area contributed by atoms with Gasteiger partial charge in [-0.2, -0.15) is 13.2 Å². The van der Waals surface area contributed by atoms with E-state index in [0.29, 0.717) is 16.8 Å². The topological polar surface area (TPSA) is 82.7 Å². The number of aromatic amines is 1. The van der Waals surface area contributed by atoms with Crippen molar-refractivity contribution >= 4 is 17.8 Å². The SMILES string of the molecule is CCOC(=O)c1c(C)[nH]c(C(=O)N2CCN(C(=O)c3ccccc3C(F)(F)F)CC2)c1C. The number of hydrogen-bond acceptors (Lipinski definition) is 4. The fourth-order valence-electron chi connectivity index (χ4n) is 3.83. The third-order valence-corrected chi connectivity index (χ3v) is 5.45. The maximum Gasteiger partial charge on any atom is 0.417 e. The van der Waals surface area contributed by atoms with Crippen LogP contribution >= 0.6 is 0 Å². The highest BCUT2D eigenvalue weighted by atomic mass is 19.4. The molecule has 0 atom stereocenters. The molecule has 1 aliphatic heterocycles. The van der Waals surface area contributed by atoms with Gasteiger partial charge in [0.1, 0.15) is 5.69 Å².